The maximum absolute atomic E-state index is 13.2. The predicted octanol–water partition coefficient (Wildman–Crippen LogP) is 4.23. The Hall–Kier alpha value is -2.69. The number of halogens is 1. The van der Waals surface area contributed by atoms with Crippen molar-refractivity contribution in [1.82, 2.24) is 0 Å². The normalized spacial score (nSPS) is 15.6. The molecule has 0 saturated heterocycles. The van der Waals surface area contributed by atoms with E-state index >= 15 is 0 Å². The largest absolute Gasteiger partial charge is 0.326 e. The van der Waals surface area contributed by atoms with Gasteiger partial charge in [-0.05, 0) is 54.8 Å². The van der Waals surface area contributed by atoms with Crippen LogP contribution in [0.15, 0.2) is 48.5 Å². The van der Waals surface area contributed by atoms with Crippen LogP contribution in [-0.2, 0) is 15.0 Å². The zero-order valence-electron chi connectivity index (χ0n) is 14.1. The third-order valence-corrected chi connectivity index (χ3v) is 4.75. The zero-order valence-corrected chi connectivity index (χ0v) is 14.1. The van der Waals surface area contributed by atoms with Gasteiger partial charge in [-0.25, -0.2) is 4.39 Å². The van der Waals surface area contributed by atoms with Crippen LogP contribution in [0.4, 0.5) is 15.8 Å². The number of anilines is 2. The quantitative estimate of drug-likeness (QED) is 0.875. The Balaban J connectivity index is 1.79. The van der Waals surface area contributed by atoms with Gasteiger partial charge in [0.1, 0.15) is 5.82 Å². The molecule has 0 unspecified atom stereocenters. The van der Waals surface area contributed by atoms with E-state index in [4.69, 9.17) is 0 Å². The van der Waals surface area contributed by atoms with Gasteiger partial charge in [0.05, 0.1) is 5.41 Å². The van der Waals surface area contributed by atoms with E-state index in [0.717, 1.165) is 31.2 Å². The van der Waals surface area contributed by atoms with E-state index in [9.17, 15) is 14.0 Å². The molecule has 4 nitrogen and oxygen atoms in total. The molecular weight excluding hydrogens is 319 g/mol. The standard InChI is InChI=1S/C20H21FN2O2/c1-14(24)22-17-8-10-18(11-9-17)23-19(25)20(12-2-3-13-20)15-4-6-16(21)7-5-15/h4-11H,2-3,12-13H2,1H3,(H,22,24)(H,23,25). The van der Waals surface area contributed by atoms with Gasteiger partial charge in [-0.2, -0.15) is 0 Å². The van der Waals surface area contributed by atoms with Crippen molar-refractivity contribution in [2.24, 2.45) is 0 Å². The number of hydrogen-bond donors (Lipinski definition) is 2. The number of benzene rings is 2. The first-order valence-electron chi connectivity index (χ1n) is 8.45. The molecule has 1 aliphatic rings. The third-order valence-electron chi connectivity index (χ3n) is 4.75. The number of carbonyl (C=O) groups excluding carboxylic acids is 2. The van der Waals surface area contributed by atoms with Gasteiger partial charge in [0.2, 0.25) is 11.8 Å². The number of nitrogens with one attached hydrogen (secondary N) is 2. The Labute approximate surface area is 146 Å². The van der Waals surface area contributed by atoms with Crippen molar-refractivity contribution in [3.63, 3.8) is 0 Å². The summed E-state index contributed by atoms with van der Waals surface area (Å²) in [4.78, 5) is 24.1. The second-order valence-electron chi connectivity index (χ2n) is 6.51. The van der Waals surface area contributed by atoms with Crippen molar-refractivity contribution in [1.29, 1.82) is 0 Å². The molecule has 0 spiro atoms. The highest BCUT2D eigenvalue weighted by Gasteiger charge is 2.42. The van der Waals surface area contributed by atoms with E-state index in [-0.39, 0.29) is 17.6 Å². The van der Waals surface area contributed by atoms with Gasteiger partial charge in [-0.1, -0.05) is 25.0 Å². The zero-order chi connectivity index (χ0) is 17.9. The summed E-state index contributed by atoms with van der Waals surface area (Å²) in [5.74, 6) is -0.507. The lowest BCUT2D eigenvalue weighted by Crippen LogP contribution is -2.38. The Bertz CT molecular complexity index is 763. The minimum Gasteiger partial charge on any atom is -0.326 e. The van der Waals surface area contributed by atoms with E-state index < -0.39 is 5.41 Å². The van der Waals surface area contributed by atoms with Crippen LogP contribution in [0.5, 0.6) is 0 Å². The van der Waals surface area contributed by atoms with Gasteiger partial charge in [0, 0.05) is 18.3 Å². The van der Waals surface area contributed by atoms with Crippen molar-refractivity contribution in [2.75, 3.05) is 10.6 Å². The highest BCUT2D eigenvalue weighted by Crippen LogP contribution is 2.42. The first-order valence-corrected chi connectivity index (χ1v) is 8.45. The maximum atomic E-state index is 13.2. The average Bonchev–Trinajstić information content (AvgIpc) is 3.08. The molecule has 0 aliphatic heterocycles. The topological polar surface area (TPSA) is 58.2 Å². The summed E-state index contributed by atoms with van der Waals surface area (Å²) in [6.45, 7) is 1.45. The number of carbonyl (C=O) groups is 2. The molecule has 3 rings (SSSR count). The van der Waals surface area contributed by atoms with Gasteiger partial charge in [-0.3, -0.25) is 9.59 Å². The smallest absolute Gasteiger partial charge is 0.235 e. The first-order chi connectivity index (χ1) is 12.0. The molecule has 1 aliphatic carbocycles. The van der Waals surface area contributed by atoms with E-state index in [2.05, 4.69) is 10.6 Å². The minimum atomic E-state index is -0.607. The van der Waals surface area contributed by atoms with Gasteiger partial charge < -0.3 is 10.6 Å². The molecule has 2 N–H and O–H groups in total. The number of amides is 2. The highest BCUT2D eigenvalue weighted by atomic mass is 19.1. The third kappa shape index (κ3) is 3.71. The Morgan fingerprint density at radius 2 is 1.40 bits per heavy atom. The molecule has 2 amide bonds. The summed E-state index contributed by atoms with van der Waals surface area (Å²) in [6.07, 6.45) is 3.47. The fourth-order valence-corrected chi connectivity index (χ4v) is 3.49. The lowest BCUT2D eigenvalue weighted by Gasteiger charge is -2.28. The summed E-state index contributed by atoms with van der Waals surface area (Å²) < 4.78 is 13.2. The predicted molar refractivity (Wildman–Crippen MR) is 95.9 cm³/mol. The van der Waals surface area contributed by atoms with Crippen LogP contribution in [-0.4, -0.2) is 11.8 Å². The lowest BCUT2D eigenvalue weighted by atomic mass is 9.78. The molecule has 2 aromatic rings. The Kier molecular flexibility index (Phi) is 4.83. The van der Waals surface area contributed by atoms with Gasteiger partial charge in [-0.15, -0.1) is 0 Å². The minimum absolute atomic E-state index is 0.0658. The molecule has 25 heavy (non-hydrogen) atoms. The summed E-state index contributed by atoms with van der Waals surface area (Å²) >= 11 is 0. The SMILES string of the molecule is CC(=O)Nc1ccc(NC(=O)C2(c3ccc(F)cc3)CCCC2)cc1. The molecule has 2 aromatic carbocycles. The molecule has 0 heterocycles. The van der Waals surface area contributed by atoms with Crippen molar-refractivity contribution in [3.05, 3.63) is 59.9 Å². The summed E-state index contributed by atoms with van der Waals surface area (Å²) in [5, 5.41) is 5.66. The second kappa shape index (κ2) is 7.05. The Morgan fingerprint density at radius 3 is 1.92 bits per heavy atom. The molecule has 0 radical (unpaired) electrons. The molecule has 0 atom stereocenters. The number of rotatable bonds is 4. The maximum Gasteiger partial charge on any atom is 0.235 e. The fourth-order valence-electron chi connectivity index (χ4n) is 3.49. The highest BCUT2D eigenvalue weighted by molar-refractivity contribution is 5.99. The van der Waals surface area contributed by atoms with Crippen LogP contribution in [0.1, 0.15) is 38.2 Å². The van der Waals surface area contributed by atoms with Crippen LogP contribution < -0.4 is 10.6 Å². The van der Waals surface area contributed by atoms with Gasteiger partial charge >= 0.3 is 0 Å². The van der Waals surface area contributed by atoms with Crippen LogP contribution in [0.25, 0.3) is 0 Å². The average molecular weight is 340 g/mol. The van der Waals surface area contributed by atoms with Gasteiger partial charge in [0.25, 0.3) is 0 Å². The van der Waals surface area contributed by atoms with Crippen LogP contribution >= 0.6 is 0 Å². The Morgan fingerprint density at radius 1 is 0.880 bits per heavy atom. The van der Waals surface area contributed by atoms with E-state index in [0.29, 0.717) is 11.4 Å². The summed E-state index contributed by atoms with van der Waals surface area (Å²) in [6, 6.07) is 13.2. The molecular formula is C20H21FN2O2. The van der Waals surface area contributed by atoms with Crippen molar-refractivity contribution in [3.8, 4) is 0 Å². The molecule has 130 valence electrons. The summed E-state index contributed by atoms with van der Waals surface area (Å²) in [5.41, 5.74) is 1.61. The van der Waals surface area contributed by atoms with Crippen molar-refractivity contribution in [2.45, 2.75) is 38.0 Å². The monoisotopic (exact) mass is 340 g/mol. The fraction of sp³-hybridized carbons (Fsp3) is 0.300. The molecule has 0 bridgehead atoms. The number of hydrogen-bond acceptors (Lipinski definition) is 2. The van der Waals surface area contributed by atoms with Gasteiger partial charge in [0.15, 0.2) is 0 Å². The van der Waals surface area contributed by atoms with E-state index in [1.165, 1.54) is 19.1 Å². The molecule has 1 fully saturated rings. The second-order valence-corrected chi connectivity index (χ2v) is 6.51. The molecule has 0 aromatic heterocycles. The van der Waals surface area contributed by atoms with Crippen LogP contribution in [0.3, 0.4) is 0 Å². The van der Waals surface area contributed by atoms with E-state index in [1.807, 2.05) is 0 Å². The van der Waals surface area contributed by atoms with Crippen molar-refractivity contribution >= 4 is 23.2 Å². The first kappa shape index (κ1) is 17.1. The molecule has 1 saturated carbocycles. The van der Waals surface area contributed by atoms with Crippen LogP contribution in [0, 0.1) is 5.82 Å². The van der Waals surface area contributed by atoms with Crippen LogP contribution in [0.2, 0.25) is 0 Å². The van der Waals surface area contributed by atoms with E-state index in [1.54, 1.807) is 36.4 Å². The summed E-state index contributed by atoms with van der Waals surface area (Å²) in [7, 11) is 0. The molecule has 5 heteroatoms. The van der Waals surface area contributed by atoms with Crippen molar-refractivity contribution < 1.29 is 14.0 Å². The lowest BCUT2D eigenvalue weighted by molar-refractivity contribution is -0.121.